The van der Waals surface area contributed by atoms with Gasteiger partial charge in [0.15, 0.2) is 11.5 Å². The molecule has 0 aliphatic carbocycles. The Morgan fingerprint density at radius 2 is 2.12 bits per heavy atom. The third-order valence-electron chi connectivity index (χ3n) is 5.58. The third-order valence-corrected chi connectivity index (χ3v) is 6.07. The molecule has 174 valence electrons. The summed E-state index contributed by atoms with van der Waals surface area (Å²) in [4.78, 5) is 22.9. The van der Waals surface area contributed by atoms with Crippen molar-refractivity contribution < 1.29 is 19.0 Å². The molecule has 0 bridgehead atoms. The molecule has 9 heteroatoms. The molecule has 2 heterocycles. The van der Waals surface area contributed by atoms with Gasteiger partial charge in [-0.25, -0.2) is 9.97 Å². The lowest BCUT2D eigenvalue weighted by Gasteiger charge is -2.24. The summed E-state index contributed by atoms with van der Waals surface area (Å²) >= 11 is 3.49. The molecule has 8 nitrogen and oxygen atoms in total. The summed E-state index contributed by atoms with van der Waals surface area (Å²) in [5, 5.41) is 4.17. The highest BCUT2D eigenvalue weighted by atomic mass is 79.9. The quantitative estimate of drug-likeness (QED) is 0.416. The van der Waals surface area contributed by atoms with Gasteiger partial charge in [-0.15, -0.1) is 0 Å². The fourth-order valence-electron chi connectivity index (χ4n) is 3.99. The van der Waals surface area contributed by atoms with Gasteiger partial charge in [-0.1, -0.05) is 22.0 Å². The molecule has 4 rings (SSSR count). The predicted octanol–water partition coefficient (Wildman–Crippen LogP) is 4.55. The summed E-state index contributed by atoms with van der Waals surface area (Å²) in [7, 11) is 1.61. The number of benzene rings is 2. The van der Waals surface area contributed by atoms with Crippen LogP contribution in [0.5, 0.6) is 11.5 Å². The summed E-state index contributed by atoms with van der Waals surface area (Å²) in [5.41, 5.74) is 1.65. The lowest BCUT2D eigenvalue weighted by molar-refractivity contribution is -0.144. The molecule has 1 N–H and O–H groups in total. The molecular formula is C24H27BrN4O4. The highest BCUT2D eigenvalue weighted by molar-refractivity contribution is 9.10. The van der Waals surface area contributed by atoms with E-state index in [2.05, 4.69) is 36.1 Å². The van der Waals surface area contributed by atoms with Crippen molar-refractivity contribution in [2.24, 2.45) is 0 Å². The Hall–Kier alpha value is -2.91. The van der Waals surface area contributed by atoms with Crippen LogP contribution in [0.4, 0.5) is 11.5 Å². The molecule has 1 aliphatic rings. The topological polar surface area (TPSA) is 85.8 Å². The maximum absolute atomic E-state index is 11.9. The van der Waals surface area contributed by atoms with Crippen molar-refractivity contribution in [2.45, 2.75) is 25.8 Å². The number of ether oxygens (including phenoxy) is 3. The minimum atomic E-state index is -0.199. The third kappa shape index (κ3) is 5.72. The standard InChI is InChI=1S/C24H27BrN4O4/c1-3-32-23(30)13-29-9-5-8-18(29)14-33-22-12-20-19(11-21(22)31-2)24(27-15-26-20)28-17-7-4-6-16(25)10-17/h4,6-7,10-12,15,18H,3,5,8-9,13-14H2,1-2H3,(H,26,27,28). The largest absolute Gasteiger partial charge is 0.493 e. The molecule has 3 aromatic rings. The second kappa shape index (κ2) is 10.8. The number of carbonyl (C=O) groups excluding carboxylic acids is 1. The molecule has 1 atom stereocenters. The Balaban J connectivity index is 1.52. The van der Waals surface area contributed by atoms with Gasteiger partial charge in [-0.2, -0.15) is 0 Å². The number of likely N-dealkylation sites (tertiary alicyclic amines) is 1. The minimum Gasteiger partial charge on any atom is -0.493 e. The van der Waals surface area contributed by atoms with Gasteiger partial charge in [-0.3, -0.25) is 9.69 Å². The lowest BCUT2D eigenvalue weighted by Crippen LogP contribution is -2.38. The van der Waals surface area contributed by atoms with E-state index < -0.39 is 0 Å². The highest BCUT2D eigenvalue weighted by Gasteiger charge is 2.27. The van der Waals surface area contributed by atoms with Crippen LogP contribution in [0.3, 0.4) is 0 Å². The number of fused-ring (bicyclic) bond motifs is 1. The summed E-state index contributed by atoms with van der Waals surface area (Å²) in [5.74, 6) is 1.69. The molecule has 1 fully saturated rings. The van der Waals surface area contributed by atoms with Gasteiger partial charge in [0.05, 0.1) is 25.8 Å². The van der Waals surface area contributed by atoms with Crippen molar-refractivity contribution in [3.05, 3.63) is 47.2 Å². The Morgan fingerprint density at radius 3 is 2.91 bits per heavy atom. The van der Waals surface area contributed by atoms with E-state index in [-0.39, 0.29) is 18.6 Å². The molecule has 33 heavy (non-hydrogen) atoms. The van der Waals surface area contributed by atoms with E-state index >= 15 is 0 Å². The van der Waals surface area contributed by atoms with Crippen molar-refractivity contribution in [1.29, 1.82) is 0 Å². The average molecular weight is 515 g/mol. The molecule has 1 aromatic heterocycles. The Kier molecular flexibility index (Phi) is 7.61. The Morgan fingerprint density at radius 1 is 1.24 bits per heavy atom. The van der Waals surface area contributed by atoms with Gasteiger partial charge in [0.1, 0.15) is 18.8 Å². The fraction of sp³-hybridized carbons (Fsp3) is 0.375. The van der Waals surface area contributed by atoms with Crippen LogP contribution in [-0.4, -0.2) is 60.3 Å². The first-order chi connectivity index (χ1) is 16.1. The zero-order valence-corrected chi connectivity index (χ0v) is 20.3. The number of hydrogen-bond acceptors (Lipinski definition) is 8. The second-order valence-electron chi connectivity index (χ2n) is 7.76. The number of aromatic nitrogens is 2. The van der Waals surface area contributed by atoms with Crippen LogP contribution < -0.4 is 14.8 Å². The van der Waals surface area contributed by atoms with Crippen LogP contribution >= 0.6 is 15.9 Å². The number of anilines is 2. The monoisotopic (exact) mass is 514 g/mol. The normalized spacial score (nSPS) is 16.0. The number of esters is 1. The van der Waals surface area contributed by atoms with E-state index in [0.29, 0.717) is 30.5 Å². The summed E-state index contributed by atoms with van der Waals surface area (Å²) in [6.45, 7) is 3.81. The second-order valence-corrected chi connectivity index (χ2v) is 8.68. The average Bonchev–Trinajstić information content (AvgIpc) is 3.24. The van der Waals surface area contributed by atoms with Crippen LogP contribution in [0, 0.1) is 0 Å². The van der Waals surface area contributed by atoms with Crippen molar-refractivity contribution in [3.8, 4) is 11.5 Å². The molecular weight excluding hydrogens is 488 g/mol. The van der Waals surface area contributed by atoms with Crippen LogP contribution in [-0.2, 0) is 9.53 Å². The smallest absolute Gasteiger partial charge is 0.320 e. The molecule has 2 aromatic carbocycles. The van der Waals surface area contributed by atoms with Crippen molar-refractivity contribution in [3.63, 3.8) is 0 Å². The lowest BCUT2D eigenvalue weighted by atomic mass is 10.2. The van der Waals surface area contributed by atoms with Crippen LogP contribution in [0.1, 0.15) is 19.8 Å². The molecule has 0 spiro atoms. The van der Waals surface area contributed by atoms with Gasteiger partial charge >= 0.3 is 5.97 Å². The molecule has 1 unspecified atom stereocenters. The Bertz CT molecular complexity index is 1130. The van der Waals surface area contributed by atoms with E-state index in [4.69, 9.17) is 14.2 Å². The summed E-state index contributed by atoms with van der Waals surface area (Å²) in [6, 6.07) is 11.8. The molecule has 0 saturated carbocycles. The maximum atomic E-state index is 11.9. The van der Waals surface area contributed by atoms with Gasteiger partial charge in [0, 0.05) is 27.7 Å². The Labute approximate surface area is 201 Å². The van der Waals surface area contributed by atoms with Crippen LogP contribution in [0.25, 0.3) is 10.9 Å². The molecule has 0 radical (unpaired) electrons. The number of nitrogens with one attached hydrogen (secondary N) is 1. The zero-order chi connectivity index (χ0) is 23.2. The number of methoxy groups -OCH3 is 1. The van der Waals surface area contributed by atoms with E-state index in [1.165, 1.54) is 6.33 Å². The van der Waals surface area contributed by atoms with Gasteiger partial charge < -0.3 is 19.5 Å². The van der Waals surface area contributed by atoms with Gasteiger partial charge in [-0.05, 0) is 50.6 Å². The van der Waals surface area contributed by atoms with E-state index in [9.17, 15) is 4.79 Å². The number of carbonyl (C=O) groups is 1. The first-order valence-corrected chi connectivity index (χ1v) is 11.7. The van der Waals surface area contributed by atoms with Crippen molar-refractivity contribution in [2.75, 3.05) is 38.7 Å². The van der Waals surface area contributed by atoms with Crippen LogP contribution in [0.2, 0.25) is 0 Å². The SMILES string of the molecule is CCOC(=O)CN1CCCC1COc1cc2ncnc(Nc3cccc(Br)c3)c2cc1OC. The first kappa shape index (κ1) is 23.3. The first-order valence-electron chi connectivity index (χ1n) is 10.9. The van der Waals surface area contributed by atoms with Crippen molar-refractivity contribution >= 4 is 44.3 Å². The number of halogens is 1. The summed E-state index contributed by atoms with van der Waals surface area (Å²) in [6.07, 6.45) is 3.52. The minimum absolute atomic E-state index is 0.147. The number of nitrogens with zero attached hydrogens (tertiary/aromatic N) is 3. The maximum Gasteiger partial charge on any atom is 0.320 e. The van der Waals surface area contributed by atoms with Gasteiger partial charge in [0.2, 0.25) is 0 Å². The number of hydrogen-bond donors (Lipinski definition) is 1. The van der Waals surface area contributed by atoms with E-state index in [1.54, 1.807) is 7.11 Å². The molecule has 1 saturated heterocycles. The zero-order valence-electron chi connectivity index (χ0n) is 18.7. The molecule has 0 amide bonds. The van der Waals surface area contributed by atoms with E-state index in [1.807, 2.05) is 43.3 Å². The highest BCUT2D eigenvalue weighted by Crippen LogP contribution is 2.35. The van der Waals surface area contributed by atoms with Gasteiger partial charge in [0.25, 0.3) is 0 Å². The molecule has 1 aliphatic heterocycles. The number of rotatable bonds is 9. The van der Waals surface area contributed by atoms with E-state index in [0.717, 1.165) is 40.4 Å². The fourth-order valence-corrected chi connectivity index (χ4v) is 4.39. The van der Waals surface area contributed by atoms with Crippen LogP contribution in [0.15, 0.2) is 47.2 Å². The van der Waals surface area contributed by atoms with Crippen molar-refractivity contribution in [1.82, 2.24) is 14.9 Å². The predicted molar refractivity (Wildman–Crippen MR) is 130 cm³/mol. The summed E-state index contributed by atoms with van der Waals surface area (Å²) < 4.78 is 17.8.